The highest BCUT2D eigenvalue weighted by Crippen LogP contribution is 2.23. The van der Waals surface area contributed by atoms with Gasteiger partial charge in [-0.15, -0.1) is 0 Å². The van der Waals surface area contributed by atoms with Crippen molar-refractivity contribution in [2.24, 2.45) is 5.73 Å². The Bertz CT molecular complexity index is 276. The number of methoxy groups -OCH3 is 1. The normalized spacial score (nSPS) is 12.5. The van der Waals surface area contributed by atoms with Crippen LogP contribution >= 0.6 is 0 Å². The third-order valence-electron chi connectivity index (χ3n) is 2.26. The zero-order valence-electron chi connectivity index (χ0n) is 8.86. The number of hydrogen-bond donors (Lipinski definition) is 1. The van der Waals surface area contributed by atoms with Gasteiger partial charge in [-0.2, -0.15) is 0 Å². The largest absolute Gasteiger partial charge is 0.481 e. The molecule has 3 nitrogen and oxygen atoms in total. The average molecular weight is 194 g/mol. The molecule has 0 unspecified atom stereocenters. The first kappa shape index (κ1) is 11.0. The molecule has 0 bridgehead atoms. The second kappa shape index (κ2) is 5.60. The standard InChI is InChI=1S/C11H18N2O/c1-3-4-7-10(12)9-6-5-8-13-11(9)14-2/h5-6,8,10H,3-4,7,12H2,1-2H3/t10-/m1/s1. The van der Waals surface area contributed by atoms with E-state index >= 15 is 0 Å². The van der Waals surface area contributed by atoms with Crippen molar-refractivity contribution in [2.45, 2.75) is 32.2 Å². The number of pyridine rings is 1. The van der Waals surface area contributed by atoms with Gasteiger partial charge in [-0.1, -0.05) is 25.8 Å². The fourth-order valence-corrected chi connectivity index (χ4v) is 1.44. The molecule has 0 aromatic carbocycles. The SMILES string of the molecule is CCCC[C@@H](N)c1cccnc1OC. The van der Waals surface area contributed by atoms with Gasteiger partial charge in [0, 0.05) is 17.8 Å². The highest BCUT2D eigenvalue weighted by atomic mass is 16.5. The second-order valence-corrected chi connectivity index (χ2v) is 3.35. The van der Waals surface area contributed by atoms with Crippen LogP contribution in [0.15, 0.2) is 18.3 Å². The molecule has 0 fully saturated rings. The Morgan fingerprint density at radius 3 is 3.00 bits per heavy atom. The van der Waals surface area contributed by atoms with E-state index in [1.165, 1.54) is 0 Å². The molecule has 2 N–H and O–H groups in total. The Balaban J connectivity index is 2.72. The molecule has 14 heavy (non-hydrogen) atoms. The predicted molar refractivity (Wildman–Crippen MR) is 57.2 cm³/mol. The summed E-state index contributed by atoms with van der Waals surface area (Å²) in [5.74, 6) is 0.649. The number of aromatic nitrogens is 1. The summed E-state index contributed by atoms with van der Waals surface area (Å²) >= 11 is 0. The fourth-order valence-electron chi connectivity index (χ4n) is 1.44. The van der Waals surface area contributed by atoms with Gasteiger partial charge in [0.1, 0.15) is 0 Å². The summed E-state index contributed by atoms with van der Waals surface area (Å²) < 4.78 is 5.16. The van der Waals surface area contributed by atoms with E-state index in [9.17, 15) is 0 Å². The molecule has 0 saturated heterocycles. The molecule has 1 atom stereocenters. The summed E-state index contributed by atoms with van der Waals surface area (Å²) in [7, 11) is 1.62. The molecule has 0 aliphatic heterocycles. The summed E-state index contributed by atoms with van der Waals surface area (Å²) in [6.07, 6.45) is 5.00. The van der Waals surface area contributed by atoms with Gasteiger partial charge in [-0.25, -0.2) is 4.98 Å². The molecule has 1 aromatic rings. The summed E-state index contributed by atoms with van der Waals surface area (Å²) in [5, 5.41) is 0. The zero-order chi connectivity index (χ0) is 10.4. The van der Waals surface area contributed by atoms with Crippen molar-refractivity contribution in [1.29, 1.82) is 0 Å². The molecular formula is C11H18N2O. The monoisotopic (exact) mass is 194 g/mol. The third kappa shape index (κ3) is 2.70. The summed E-state index contributed by atoms with van der Waals surface area (Å²) in [6, 6.07) is 3.91. The van der Waals surface area contributed by atoms with E-state index < -0.39 is 0 Å². The minimum atomic E-state index is 0.0404. The number of rotatable bonds is 5. The second-order valence-electron chi connectivity index (χ2n) is 3.35. The lowest BCUT2D eigenvalue weighted by molar-refractivity contribution is 0.386. The molecule has 78 valence electrons. The minimum absolute atomic E-state index is 0.0404. The molecule has 0 saturated carbocycles. The Morgan fingerprint density at radius 1 is 1.57 bits per heavy atom. The fraction of sp³-hybridized carbons (Fsp3) is 0.545. The van der Waals surface area contributed by atoms with E-state index in [1.54, 1.807) is 13.3 Å². The van der Waals surface area contributed by atoms with Gasteiger partial charge in [0.05, 0.1) is 7.11 Å². The maximum absolute atomic E-state index is 6.04. The minimum Gasteiger partial charge on any atom is -0.481 e. The maximum Gasteiger partial charge on any atom is 0.217 e. The Hall–Kier alpha value is -1.09. The van der Waals surface area contributed by atoms with E-state index in [0.717, 1.165) is 24.8 Å². The number of nitrogens with two attached hydrogens (primary N) is 1. The third-order valence-corrected chi connectivity index (χ3v) is 2.26. The van der Waals surface area contributed by atoms with Crippen LogP contribution in [0.2, 0.25) is 0 Å². The van der Waals surface area contributed by atoms with Gasteiger partial charge in [0.2, 0.25) is 5.88 Å². The number of ether oxygens (including phenoxy) is 1. The molecule has 3 heteroatoms. The van der Waals surface area contributed by atoms with Crippen LogP contribution in [0.5, 0.6) is 5.88 Å². The number of hydrogen-bond acceptors (Lipinski definition) is 3. The molecule has 0 radical (unpaired) electrons. The zero-order valence-corrected chi connectivity index (χ0v) is 8.86. The van der Waals surface area contributed by atoms with Crippen LogP contribution in [0.25, 0.3) is 0 Å². The van der Waals surface area contributed by atoms with Gasteiger partial charge in [0.15, 0.2) is 0 Å². The summed E-state index contributed by atoms with van der Waals surface area (Å²) in [6.45, 7) is 2.16. The van der Waals surface area contributed by atoms with Gasteiger partial charge in [-0.3, -0.25) is 0 Å². The van der Waals surface area contributed by atoms with E-state index in [-0.39, 0.29) is 6.04 Å². The van der Waals surface area contributed by atoms with Crippen LogP contribution in [0.1, 0.15) is 37.8 Å². The van der Waals surface area contributed by atoms with Crippen LogP contribution in [0.4, 0.5) is 0 Å². The molecule has 1 aromatic heterocycles. The Labute approximate surface area is 85.3 Å². The summed E-state index contributed by atoms with van der Waals surface area (Å²) in [4.78, 5) is 4.12. The molecular weight excluding hydrogens is 176 g/mol. The highest BCUT2D eigenvalue weighted by molar-refractivity contribution is 5.28. The Kier molecular flexibility index (Phi) is 4.40. The van der Waals surface area contributed by atoms with Crippen LogP contribution in [0, 0.1) is 0 Å². The maximum atomic E-state index is 6.04. The molecule has 0 amide bonds. The number of unbranched alkanes of at least 4 members (excludes halogenated alkanes) is 1. The van der Waals surface area contributed by atoms with Crippen molar-refractivity contribution >= 4 is 0 Å². The molecule has 1 heterocycles. The van der Waals surface area contributed by atoms with Crippen molar-refractivity contribution in [1.82, 2.24) is 4.98 Å². The van der Waals surface area contributed by atoms with Crippen LogP contribution < -0.4 is 10.5 Å². The molecule has 0 aliphatic carbocycles. The van der Waals surface area contributed by atoms with Gasteiger partial charge in [-0.05, 0) is 12.5 Å². The summed E-state index contributed by atoms with van der Waals surface area (Å²) in [5.41, 5.74) is 7.04. The van der Waals surface area contributed by atoms with Crippen LogP contribution in [0.3, 0.4) is 0 Å². The lowest BCUT2D eigenvalue weighted by atomic mass is 10.0. The van der Waals surface area contributed by atoms with Gasteiger partial charge in [0.25, 0.3) is 0 Å². The van der Waals surface area contributed by atoms with Gasteiger partial charge >= 0.3 is 0 Å². The highest BCUT2D eigenvalue weighted by Gasteiger charge is 2.11. The van der Waals surface area contributed by atoms with Crippen LogP contribution in [-0.4, -0.2) is 12.1 Å². The number of nitrogens with zero attached hydrogens (tertiary/aromatic N) is 1. The van der Waals surface area contributed by atoms with Gasteiger partial charge < -0.3 is 10.5 Å². The topological polar surface area (TPSA) is 48.1 Å². The molecule has 0 spiro atoms. The molecule has 1 rings (SSSR count). The van der Waals surface area contributed by atoms with Crippen molar-refractivity contribution in [3.05, 3.63) is 23.9 Å². The van der Waals surface area contributed by atoms with E-state index in [2.05, 4.69) is 11.9 Å². The van der Waals surface area contributed by atoms with E-state index in [4.69, 9.17) is 10.5 Å². The first-order chi connectivity index (χ1) is 6.79. The Morgan fingerprint density at radius 2 is 2.36 bits per heavy atom. The van der Waals surface area contributed by atoms with Crippen molar-refractivity contribution in [2.75, 3.05) is 7.11 Å². The van der Waals surface area contributed by atoms with Crippen molar-refractivity contribution in [3.8, 4) is 5.88 Å². The van der Waals surface area contributed by atoms with E-state index in [1.807, 2.05) is 12.1 Å². The first-order valence-corrected chi connectivity index (χ1v) is 5.04. The van der Waals surface area contributed by atoms with Crippen molar-refractivity contribution in [3.63, 3.8) is 0 Å². The average Bonchev–Trinajstić information content (AvgIpc) is 2.25. The van der Waals surface area contributed by atoms with E-state index in [0.29, 0.717) is 5.88 Å². The molecule has 0 aliphatic rings. The lowest BCUT2D eigenvalue weighted by Gasteiger charge is -2.13. The smallest absolute Gasteiger partial charge is 0.217 e. The van der Waals surface area contributed by atoms with Crippen molar-refractivity contribution < 1.29 is 4.74 Å². The lowest BCUT2D eigenvalue weighted by Crippen LogP contribution is -2.11. The van der Waals surface area contributed by atoms with Crippen LogP contribution in [-0.2, 0) is 0 Å². The first-order valence-electron chi connectivity index (χ1n) is 5.04. The predicted octanol–water partition coefficient (Wildman–Crippen LogP) is 2.28. The quantitative estimate of drug-likeness (QED) is 0.782.